The van der Waals surface area contributed by atoms with E-state index in [1.807, 2.05) is 25.3 Å². The summed E-state index contributed by atoms with van der Waals surface area (Å²) in [5.74, 6) is 0. The Kier molecular flexibility index (Phi) is 5.72. The zero-order chi connectivity index (χ0) is 19.0. The van der Waals surface area contributed by atoms with E-state index in [-0.39, 0.29) is 0 Å². The molecule has 1 aliphatic heterocycles. The van der Waals surface area contributed by atoms with Crippen LogP contribution < -0.4 is 0 Å². The quantitative estimate of drug-likeness (QED) is 0.739. The molecule has 3 heterocycles. The summed E-state index contributed by atoms with van der Waals surface area (Å²) < 4.78 is 28.2. The van der Waals surface area contributed by atoms with Gasteiger partial charge < -0.3 is 0 Å². The molecule has 0 aromatic carbocycles. The smallest absolute Gasteiger partial charge is 0.244 e. The number of aryl methyl sites for hydroxylation is 2. The Hall–Kier alpha value is -0.800. The van der Waals surface area contributed by atoms with Crippen LogP contribution in [0.5, 0.6) is 0 Å². The van der Waals surface area contributed by atoms with Crippen LogP contribution in [0.1, 0.15) is 42.7 Å². The third-order valence-electron chi connectivity index (χ3n) is 5.68. The molecule has 1 saturated carbocycles. The van der Waals surface area contributed by atoms with E-state index in [9.17, 15) is 8.42 Å². The molecule has 148 valence electrons. The van der Waals surface area contributed by atoms with Crippen molar-refractivity contribution in [2.75, 3.05) is 26.2 Å². The van der Waals surface area contributed by atoms with Gasteiger partial charge in [-0.15, -0.1) is 22.7 Å². The third-order valence-corrected chi connectivity index (χ3v) is 10.0. The van der Waals surface area contributed by atoms with E-state index in [1.54, 1.807) is 15.6 Å². The van der Waals surface area contributed by atoms with Crippen molar-refractivity contribution in [2.45, 2.75) is 56.9 Å². The molecule has 0 unspecified atom stereocenters. The van der Waals surface area contributed by atoms with Crippen LogP contribution >= 0.6 is 22.7 Å². The van der Waals surface area contributed by atoms with Gasteiger partial charge in [0, 0.05) is 48.2 Å². The van der Waals surface area contributed by atoms with Gasteiger partial charge in [-0.3, -0.25) is 4.90 Å². The number of hydrogen-bond donors (Lipinski definition) is 0. The maximum Gasteiger partial charge on any atom is 0.244 e. The third kappa shape index (κ3) is 4.00. The second-order valence-corrected chi connectivity index (χ2v) is 11.6. The molecule has 2 fully saturated rings. The minimum atomic E-state index is -3.43. The Morgan fingerprint density at radius 1 is 1.07 bits per heavy atom. The van der Waals surface area contributed by atoms with Crippen molar-refractivity contribution in [3.8, 4) is 9.88 Å². The van der Waals surface area contributed by atoms with Gasteiger partial charge in [-0.1, -0.05) is 19.3 Å². The number of hydrogen-bond acceptors (Lipinski definition) is 6. The number of nitrogens with zero attached hydrogens (tertiary/aromatic N) is 3. The van der Waals surface area contributed by atoms with Crippen LogP contribution in [0.25, 0.3) is 9.88 Å². The van der Waals surface area contributed by atoms with Crippen LogP contribution in [-0.4, -0.2) is 54.8 Å². The maximum absolute atomic E-state index is 13.2. The van der Waals surface area contributed by atoms with Gasteiger partial charge in [0.2, 0.25) is 10.0 Å². The van der Waals surface area contributed by atoms with E-state index in [0.717, 1.165) is 33.5 Å². The summed E-state index contributed by atoms with van der Waals surface area (Å²) >= 11 is 3.10. The summed E-state index contributed by atoms with van der Waals surface area (Å²) in [7, 11) is -3.43. The lowest BCUT2D eigenvalue weighted by Crippen LogP contribution is -2.52. The molecule has 0 bridgehead atoms. The molecule has 2 aromatic heterocycles. The molecular weight excluding hydrogens is 398 g/mol. The molecule has 8 heteroatoms. The number of aromatic nitrogens is 1. The second kappa shape index (κ2) is 7.91. The first-order chi connectivity index (χ1) is 12.9. The van der Waals surface area contributed by atoms with Crippen molar-refractivity contribution in [3.05, 3.63) is 22.0 Å². The zero-order valence-corrected chi connectivity index (χ0v) is 18.4. The Labute approximate surface area is 170 Å². The van der Waals surface area contributed by atoms with Crippen molar-refractivity contribution in [1.82, 2.24) is 14.2 Å². The molecule has 0 atom stereocenters. The number of piperazine rings is 1. The predicted molar refractivity (Wildman–Crippen MR) is 112 cm³/mol. The molecule has 0 radical (unpaired) electrons. The fourth-order valence-corrected chi connectivity index (χ4v) is 8.03. The van der Waals surface area contributed by atoms with Crippen LogP contribution in [0.3, 0.4) is 0 Å². The van der Waals surface area contributed by atoms with E-state index < -0.39 is 10.0 Å². The van der Waals surface area contributed by atoms with Crippen LogP contribution in [0.4, 0.5) is 0 Å². The number of thiophene rings is 1. The molecule has 0 N–H and O–H groups in total. The van der Waals surface area contributed by atoms with Crippen LogP contribution in [0.2, 0.25) is 0 Å². The fraction of sp³-hybridized carbons (Fsp3) is 0.632. The highest BCUT2D eigenvalue weighted by Crippen LogP contribution is 2.36. The number of rotatable bonds is 4. The largest absolute Gasteiger partial charge is 0.298 e. The lowest BCUT2D eigenvalue weighted by molar-refractivity contribution is 0.111. The fourth-order valence-electron chi connectivity index (χ4n) is 4.19. The molecule has 2 aromatic rings. The van der Waals surface area contributed by atoms with Crippen molar-refractivity contribution >= 4 is 32.7 Å². The van der Waals surface area contributed by atoms with Gasteiger partial charge in [0.1, 0.15) is 5.01 Å². The van der Waals surface area contributed by atoms with Gasteiger partial charge in [0.05, 0.1) is 9.77 Å². The number of sulfonamides is 1. The average Bonchev–Trinajstić information content (AvgIpc) is 3.28. The van der Waals surface area contributed by atoms with Gasteiger partial charge in [0.15, 0.2) is 0 Å². The first-order valence-corrected chi connectivity index (χ1v) is 12.9. The second-order valence-electron chi connectivity index (χ2n) is 7.56. The standard InChI is InChI=1S/C19H27N3O2S3/c1-14-13-25-19(20-14)17-12-18(15(2)26-17)27(23,24)22-10-8-21(9-11-22)16-6-4-3-5-7-16/h12-13,16H,3-11H2,1-2H3. The van der Waals surface area contributed by atoms with E-state index in [4.69, 9.17) is 0 Å². The Balaban J connectivity index is 1.48. The highest BCUT2D eigenvalue weighted by molar-refractivity contribution is 7.89. The topological polar surface area (TPSA) is 53.5 Å². The summed E-state index contributed by atoms with van der Waals surface area (Å²) in [5, 5.41) is 2.91. The summed E-state index contributed by atoms with van der Waals surface area (Å²) in [6.45, 7) is 6.76. The average molecular weight is 426 g/mol. The highest BCUT2D eigenvalue weighted by Gasteiger charge is 2.33. The molecule has 2 aliphatic rings. The SMILES string of the molecule is Cc1csc(-c2cc(S(=O)(=O)N3CCN(C4CCCCC4)CC3)c(C)s2)n1. The normalized spacial score (nSPS) is 21.0. The van der Waals surface area contributed by atoms with E-state index >= 15 is 0 Å². The summed E-state index contributed by atoms with van der Waals surface area (Å²) in [5.41, 5.74) is 0.976. The van der Waals surface area contributed by atoms with Gasteiger partial charge in [0.25, 0.3) is 0 Å². The van der Waals surface area contributed by atoms with Crippen molar-refractivity contribution in [3.63, 3.8) is 0 Å². The molecule has 5 nitrogen and oxygen atoms in total. The van der Waals surface area contributed by atoms with Gasteiger partial charge in [-0.2, -0.15) is 4.31 Å². The van der Waals surface area contributed by atoms with Gasteiger partial charge in [-0.05, 0) is 32.8 Å². The van der Waals surface area contributed by atoms with Crippen molar-refractivity contribution < 1.29 is 8.42 Å². The van der Waals surface area contributed by atoms with Gasteiger partial charge in [-0.25, -0.2) is 13.4 Å². The lowest BCUT2D eigenvalue weighted by Gasteiger charge is -2.40. The summed E-state index contributed by atoms with van der Waals surface area (Å²) in [4.78, 5) is 9.28. The van der Waals surface area contributed by atoms with E-state index in [0.29, 0.717) is 24.0 Å². The zero-order valence-electron chi connectivity index (χ0n) is 16.0. The monoisotopic (exact) mass is 425 g/mol. The summed E-state index contributed by atoms with van der Waals surface area (Å²) in [6.07, 6.45) is 6.52. The molecule has 27 heavy (non-hydrogen) atoms. The van der Waals surface area contributed by atoms with Crippen LogP contribution in [0.15, 0.2) is 16.3 Å². The minimum absolute atomic E-state index is 0.460. The predicted octanol–water partition coefficient (Wildman–Crippen LogP) is 4.13. The molecular formula is C19H27N3O2S3. The first kappa shape index (κ1) is 19.5. The maximum atomic E-state index is 13.2. The minimum Gasteiger partial charge on any atom is -0.298 e. The summed E-state index contributed by atoms with van der Waals surface area (Å²) in [6, 6.07) is 2.48. The number of thiazole rings is 1. The van der Waals surface area contributed by atoms with Crippen molar-refractivity contribution in [1.29, 1.82) is 0 Å². The Morgan fingerprint density at radius 2 is 1.78 bits per heavy atom. The molecule has 0 spiro atoms. The molecule has 4 rings (SSSR count). The van der Waals surface area contributed by atoms with Gasteiger partial charge >= 0.3 is 0 Å². The van der Waals surface area contributed by atoms with Crippen LogP contribution in [-0.2, 0) is 10.0 Å². The highest BCUT2D eigenvalue weighted by atomic mass is 32.2. The molecule has 1 aliphatic carbocycles. The Morgan fingerprint density at radius 3 is 2.41 bits per heavy atom. The Bertz CT molecular complexity index is 889. The van der Waals surface area contributed by atoms with E-state index in [1.165, 1.54) is 43.4 Å². The van der Waals surface area contributed by atoms with Crippen molar-refractivity contribution in [2.24, 2.45) is 0 Å². The van der Waals surface area contributed by atoms with Crippen LogP contribution in [0, 0.1) is 13.8 Å². The van der Waals surface area contributed by atoms with E-state index in [2.05, 4.69) is 9.88 Å². The molecule has 0 amide bonds. The molecule has 1 saturated heterocycles. The first-order valence-electron chi connectivity index (χ1n) is 9.72. The lowest BCUT2D eigenvalue weighted by atomic mass is 9.94.